The molecule has 0 spiro atoms. The van der Waals surface area contributed by atoms with Crippen LogP contribution in [0.5, 0.6) is 28.7 Å². The van der Waals surface area contributed by atoms with Crippen LogP contribution in [0.2, 0.25) is 0 Å². The smallest absolute Gasteiger partial charge is 0.347 e. The lowest BCUT2D eigenvalue weighted by molar-refractivity contribution is -0.142. The summed E-state index contributed by atoms with van der Waals surface area (Å²) in [6, 6.07) is 37.3. The Morgan fingerprint density at radius 1 is 0.367 bits per heavy atom. The number of likely N-dealkylation sites (tertiary alicyclic amines) is 1. The molecule has 37 nitrogen and oxygen atoms in total. The average Bonchev–Trinajstić information content (AvgIpc) is 1.51. The van der Waals surface area contributed by atoms with Crippen molar-refractivity contribution in [3.05, 3.63) is 232 Å². The van der Waals surface area contributed by atoms with Gasteiger partial charge in [0.25, 0.3) is 0 Å². The van der Waals surface area contributed by atoms with Crippen LogP contribution in [0.1, 0.15) is 112 Å². The summed E-state index contributed by atoms with van der Waals surface area (Å²) < 4.78 is 55.6. The summed E-state index contributed by atoms with van der Waals surface area (Å²) in [5, 5.41) is 11.9. The summed E-state index contributed by atoms with van der Waals surface area (Å²) in [6.45, 7) is 22.4. The van der Waals surface area contributed by atoms with Gasteiger partial charge in [0.1, 0.15) is 57.8 Å². The van der Waals surface area contributed by atoms with E-state index in [0.717, 1.165) is 217 Å². The van der Waals surface area contributed by atoms with Crippen LogP contribution in [0.25, 0.3) is 112 Å². The summed E-state index contributed by atoms with van der Waals surface area (Å²) in [7, 11) is 20.7. The second-order valence-corrected chi connectivity index (χ2v) is 39.3. The molecule has 0 radical (unpaired) electrons. The number of rotatable bonds is 25. The number of likely N-dealkylation sites (N-methyl/N-ethyl adjacent to an activating group) is 5. The number of pyridine rings is 5. The topological polar surface area (TPSA) is 396 Å². The number of aryl methyl sites for hydroxylation is 3. The highest BCUT2D eigenvalue weighted by Crippen LogP contribution is 2.47. The number of carboxylic acid groups (broad SMARTS) is 1. The Morgan fingerprint density at radius 3 is 1.03 bits per heavy atom. The van der Waals surface area contributed by atoms with Crippen molar-refractivity contribution in [3.63, 3.8) is 0 Å². The Bertz CT molecular complexity index is 7720. The normalized spacial score (nSPS) is 16.4. The van der Waals surface area contributed by atoms with Gasteiger partial charge in [-0.1, -0.05) is 20.8 Å². The lowest BCUT2D eigenvalue weighted by atomic mass is 9.97. The summed E-state index contributed by atoms with van der Waals surface area (Å²) >= 11 is 0. The maximum absolute atomic E-state index is 13.0. The standard InChI is InChI=1S/C24H31N5O3.C23H26N4O3.C22H24N4O3.C22H26N4O3.C22H23N3O5/c1-5-17-15-18(31-4)16-20-21(17)24(30)32-23(26-20)19-7-6-8-25-22(19)29-13-11-28(12-14-29)10-9-27(2)3;1-26-9-4-10-27(12-11-26)21-17(5-3-8-24-21)22-25-19-14-16(29-2)13-18(15-6-7-15)20(19)23(28)30-22;1-25-8-10-26(11-9-25)20-16(4-3-7-23-20)21-24-18-13-15(28-2)12-17(14-5-6-14)19(18)22(27)29-21;1-5-14-11-16(28-4)12-18-19(14)22(27)29-21(24-18)17-7-6-9-23-20(17)26(3)15-8-10-25(2)13-15;1-3-13-11-15(29-2)12-17-18(13)22(28)30-20(24-17)16-5-4-8-23-19(16)25-9-6-14(7-10-25)21(26)27/h6-8,15-16H,5,9-14H2,1-4H3;3,5,8,13-15H,4,6-7,9-12H2,1-2H3;3-4,7,12-14H,5-6,8-11H2,1-2H3;6-7,9,11-12,15H,5,8,10,13H2,1-4H3;4-5,8,11-12,14H,3,6-7,9-10H2,1-2H3,(H,26,27). The fourth-order valence-electron chi connectivity index (χ4n) is 20.2. The highest BCUT2D eigenvalue weighted by atomic mass is 16.5. The molecule has 15 aromatic rings. The van der Waals surface area contributed by atoms with Crippen molar-refractivity contribution in [2.75, 3.05) is 220 Å². The number of piperidine rings is 1. The molecule has 784 valence electrons. The zero-order valence-electron chi connectivity index (χ0n) is 87.7. The number of carbonyl (C=O) groups is 1. The Morgan fingerprint density at radius 2 is 0.687 bits per heavy atom. The van der Waals surface area contributed by atoms with Gasteiger partial charge in [-0.25, -0.2) is 73.8 Å². The molecule has 15 heterocycles. The molecule has 2 aliphatic carbocycles. The van der Waals surface area contributed by atoms with Gasteiger partial charge < -0.3 is 95.0 Å². The number of aromatic nitrogens is 10. The van der Waals surface area contributed by atoms with E-state index in [4.69, 9.17) is 60.7 Å². The number of aliphatic carboxylic acids is 1. The molecule has 0 bridgehead atoms. The van der Waals surface area contributed by atoms with E-state index in [1.165, 1.54) is 0 Å². The van der Waals surface area contributed by atoms with E-state index in [2.05, 4.69) is 114 Å². The van der Waals surface area contributed by atoms with Crippen molar-refractivity contribution in [2.45, 2.75) is 109 Å². The number of hydrogen-bond donors (Lipinski definition) is 1. The number of benzene rings is 5. The van der Waals surface area contributed by atoms with Crippen LogP contribution in [0.15, 0.2) is 198 Å². The molecule has 22 rings (SSSR count). The van der Waals surface area contributed by atoms with Crippen molar-refractivity contribution in [3.8, 4) is 86.0 Å². The molecule has 37 heteroatoms. The molecule has 5 saturated heterocycles. The fourth-order valence-corrected chi connectivity index (χ4v) is 20.2. The largest absolute Gasteiger partial charge is 0.497 e. The van der Waals surface area contributed by atoms with Crippen molar-refractivity contribution >= 4 is 89.6 Å². The minimum atomic E-state index is -0.765. The third-order valence-corrected chi connectivity index (χ3v) is 29.0. The van der Waals surface area contributed by atoms with Gasteiger partial charge in [0.15, 0.2) is 0 Å². The van der Waals surface area contributed by atoms with Crippen LogP contribution in [-0.2, 0) is 24.1 Å². The van der Waals surface area contributed by atoms with Gasteiger partial charge in [-0.15, -0.1) is 0 Å². The highest BCUT2D eigenvalue weighted by Gasteiger charge is 2.36. The quantitative estimate of drug-likeness (QED) is 0.0555. The number of piperazine rings is 2. The monoisotopic (exact) mass is 2040 g/mol. The predicted octanol–water partition coefficient (Wildman–Crippen LogP) is 14.8. The van der Waals surface area contributed by atoms with Gasteiger partial charge in [0.2, 0.25) is 29.5 Å². The van der Waals surface area contributed by atoms with Gasteiger partial charge in [0, 0.05) is 179 Å². The van der Waals surface area contributed by atoms with Crippen molar-refractivity contribution in [2.24, 2.45) is 5.92 Å². The Hall–Kier alpha value is -15.2. The first kappa shape index (κ1) is 105. The van der Waals surface area contributed by atoms with E-state index >= 15 is 0 Å². The molecule has 1 atom stereocenters. The molecule has 5 aliphatic heterocycles. The van der Waals surface area contributed by atoms with Crippen LogP contribution in [-0.4, -0.2) is 287 Å². The first-order valence-electron chi connectivity index (χ1n) is 51.6. The van der Waals surface area contributed by atoms with Gasteiger partial charge in [-0.05, 0) is 250 Å². The van der Waals surface area contributed by atoms with Crippen LogP contribution in [0.3, 0.4) is 0 Å². The number of carboxylic acids is 1. The maximum atomic E-state index is 13.0. The van der Waals surface area contributed by atoms with Crippen LogP contribution < -0.4 is 76.3 Å². The van der Waals surface area contributed by atoms with Crippen LogP contribution in [0, 0.1) is 5.92 Å². The molecule has 10 aromatic heterocycles. The molecule has 2 saturated carbocycles. The van der Waals surface area contributed by atoms with Crippen LogP contribution in [0.4, 0.5) is 29.1 Å². The lowest BCUT2D eigenvalue weighted by Crippen LogP contribution is -2.48. The zero-order chi connectivity index (χ0) is 105. The fraction of sp³-hybridized carbons (Fsp3) is 0.416. The van der Waals surface area contributed by atoms with Gasteiger partial charge in [0.05, 0.1) is 124 Å². The molecule has 5 aromatic carbocycles. The van der Waals surface area contributed by atoms with Gasteiger partial charge in [-0.3, -0.25) is 9.69 Å². The minimum absolute atomic E-state index is 0.186. The third-order valence-electron chi connectivity index (χ3n) is 29.0. The van der Waals surface area contributed by atoms with E-state index in [9.17, 15) is 33.9 Å². The molecule has 1 N–H and O–H groups in total. The van der Waals surface area contributed by atoms with Gasteiger partial charge >= 0.3 is 34.1 Å². The maximum Gasteiger partial charge on any atom is 0.347 e. The van der Waals surface area contributed by atoms with Gasteiger partial charge in [-0.2, -0.15) is 0 Å². The second-order valence-electron chi connectivity index (χ2n) is 39.3. The molecule has 1 unspecified atom stereocenters. The predicted molar refractivity (Wildman–Crippen MR) is 581 cm³/mol. The summed E-state index contributed by atoms with van der Waals surface area (Å²) in [5.74, 6) is 8.28. The van der Waals surface area contributed by atoms with E-state index < -0.39 is 11.6 Å². The zero-order valence-corrected chi connectivity index (χ0v) is 87.7. The lowest BCUT2D eigenvalue weighted by Gasteiger charge is -2.36. The first-order chi connectivity index (χ1) is 72.8. The van der Waals surface area contributed by atoms with Crippen molar-refractivity contribution < 1.29 is 55.7 Å². The SMILES string of the molecule is CCc1cc(OC)cc2nc(-c3cccnc3N(C)C3CCN(C)C3)oc(=O)c12.CCc1cc(OC)cc2nc(-c3cccnc3N3CCC(C(=O)O)CC3)oc(=O)c12.CCc1cc(OC)cc2nc(-c3cccnc3N3CCN(CCN(C)C)CC3)oc(=O)c12.COc1cc(C2CC2)c2c(=O)oc(-c3cccnc3N3CCCN(C)CC3)nc2c1.COc1cc(C2CC2)c2c(=O)oc(-c3cccnc3N3CCN(C)CC3)nc2c1. The first-order valence-corrected chi connectivity index (χ1v) is 51.6. The number of anilines is 5. The average molecular weight is 2040 g/mol. The van der Waals surface area contributed by atoms with E-state index in [-0.39, 0.29) is 46.1 Å². The van der Waals surface area contributed by atoms with E-state index in [0.29, 0.717) is 169 Å². The van der Waals surface area contributed by atoms with E-state index in [1.807, 2.05) is 130 Å². The Labute approximate surface area is 868 Å². The van der Waals surface area contributed by atoms with Crippen molar-refractivity contribution in [1.82, 2.24) is 74.3 Å². The van der Waals surface area contributed by atoms with Crippen molar-refractivity contribution in [1.29, 1.82) is 0 Å². The van der Waals surface area contributed by atoms with Crippen LogP contribution >= 0.6 is 0 Å². The van der Waals surface area contributed by atoms with E-state index in [1.54, 1.807) is 90.8 Å². The molecule has 7 aliphatic rings. The number of nitrogens with zero attached hydrogens (tertiary/aromatic N) is 20. The molecule has 7 fully saturated rings. The second kappa shape index (κ2) is 47.1. The number of hydrogen-bond acceptors (Lipinski definition) is 36. The molecular formula is C113H130N20O17. The summed E-state index contributed by atoms with van der Waals surface area (Å²) in [5.41, 5.74) is 9.05. The number of fused-ring (bicyclic) bond motifs is 5. The molecule has 150 heavy (non-hydrogen) atoms. The minimum Gasteiger partial charge on any atom is -0.497 e. The summed E-state index contributed by atoms with van der Waals surface area (Å²) in [4.78, 5) is 145. The summed E-state index contributed by atoms with van der Waals surface area (Å²) in [6.07, 6.45) is 18.3. The third kappa shape index (κ3) is 23.6. The highest BCUT2D eigenvalue weighted by molar-refractivity contribution is 5.90. The Kier molecular flexibility index (Phi) is 32.9. The number of ether oxygens (including phenoxy) is 5. The molecular weight excluding hydrogens is 1910 g/mol. The molecule has 0 amide bonds. The Balaban J connectivity index is 0.000000122. The number of methoxy groups -OCH3 is 5.